The maximum Gasteiger partial charge on any atom is 0.129 e. The second kappa shape index (κ2) is 3.07. The van der Waals surface area contributed by atoms with Crippen molar-refractivity contribution >= 4 is 0 Å². The van der Waals surface area contributed by atoms with Crippen molar-refractivity contribution in [2.24, 2.45) is 0 Å². The quantitative estimate of drug-likeness (QED) is 0.704. The van der Waals surface area contributed by atoms with E-state index in [1.165, 1.54) is 6.07 Å². The molecule has 1 fully saturated rings. The molecule has 13 heavy (non-hydrogen) atoms. The Morgan fingerprint density at radius 2 is 2.08 bits per heavy atom. The molecule has 1 aliphatic heterocycles. The Morgan fingerprint density at radius 3 is 2.62 bits per heavy atom. The molecule has 1 saturated heterocycles. The largest absolute Gasteiger partial charge is 0.310 e. The standard InChI is InChI=1S/C10H11F2N/c1-6-8(10-2-3-13-10)4-7(11)5-9(6)12/h4-5,10,13H,2-3H2,1H3/t10-/m1/s1. The van der Waals surface area contributed by atoms with Crippen molar-refractivity contribution in [3.05, 3.63) is 34.9 Å². The minimum atomic E-state index is -0.494. The van der Waals surface area contributed by atoms with Crippen molar-refractivity contribution in [3.63, 3.8) is 0 Å². The highest BCUT2D eigenvalue weighted by molar-refractivity contribution is 5.32. The predicted octanol–water partition coefficient (Wildman–Crippen LogP) is 2.31. The normalized spacial score (nSPS) is 21.3. The van der Waals surface area contributed by atoms with Crippen LogP contribution in [0.3, 0.4) is 0 Å². The van der Waals surface area contributed by atoms with E-state index >= 15 is 0 Å². The Kier molecular flexibility index (Phi) is 2.04. The van der Waals surface area contributed by atoms with E-state index in [-0.39, 0.29) is 6.04 Å². The molecule has 1 heterocycles. The fourth-order valence-electron chi connectivity index (χ4n) is 1.58. The number of nitrogens with one attached hydrogen (secondary N) is 1. The number of hydrogen-bond acceptors (Lipinski definition) is 1. The van der Waals surface area contributed by atoms with Crippen LogP contribution in [-0.4, -0.2) is 6.54 Å². The summed E-state index contributed by atoms with van der Waals surface area (Å²) in [5.41, 5.74) is 1.31. The molecule has 2 rings (SSSR count). The van der Waals surface area contributed by atoms with Crippen LogP contribution < -0.4 is 5.32 Å². The smallest absolute Gasteiger partial charge is 0.129 e. The summed E-state index contributed by atoms with van der Waals surface area (Å²) in [7, 11) is 0. The molecule has 1 aliphatic rings. The van der Waals surface area contributed by atoms with Crippen LogP contribution in [0.25, 0.3) is 0 Å². The molecule has 1 N–H and O–H groups in total. The van der Waals surface area contributed by atoms with Gasteiger partial charge in [0.1, 0.15) is 11.6 Å². The average molecular weight is 183 g/mol. The highest BCUT2D eigenvalue weighted by atomic mass is 19.1. The number of halogens is 2. The molecule has 0 unspecified atom stereocenters. The van der Waals surface area contributed by atoms with E-state index in [4.69, 9.17) is 0 Å². The molecule has 0 radical (unpaired) electrons. The van der Waals surface area contributed by atoms with Crippen molar-refractivity contribution in [2.45, 2.75) is 19.4 Å². The molecule has 0 spiro atoms. The predicted molar refractivity (Wildman–Crippen MR) is 46.5 cm³/mol. The summed E-state index contributed by atoms with van der Waals surface area (Å²) in [5.74, 6) is -0.949. The Hall–Kier alpha value is -0.960. The first-order valence-electron chi connectivity index (χ1n) is 4.37. The van der Waals surface area contributed by atoms with Crippen LogP contribution in [0.5, 0.6) is 0 Å². The first-order valence-corrected chi connectivity index (χ1v) is 4.37. The Bertz CT molecular complexity index is 332. The summed E-state index contributed by atoms with van der Waals surface area (Å²) in [4.78, 5) is 0. The van der Waals surface area contributed by atoms with Gasteiger partial charge >= 0.3 is 0 Å². The summed E-state index contributed by atoms with van der Waals surface area (Å²) in [6, 6.07) is 2.48. The fraction of sp³-hybridized carbons (Fsp3) is 0.400. The van der Waals surface area contributed by atoms with Gasteiger partial charge in [-0.25, -0.2) is 8.78 Å². The molecule has 1 atom stereocenters. The third-order valence-electron chi connectivity index (χ3n) is 2.55. The van der Waals surface area contributed by atoms with E-state index in [2.05, 4.69) is 5.32 Å². The number of rotatable bonds is 1. The molecular formula is C10H11F2N. The van der Waals surface area contributed by atoms with Gasteiger partial charge in [-0.2, -0.15) is 0 Å². The van der Waals surface area contributed by atoms with E-state index in [0.29, 0.717) is 5.56 Å². The second-order valence-corrected chi connectivity index (χ2v) is 3.40. The van der Waals surface area contributed by atoms with Gasteiger partial charge in [0.05, 0.1) is 0 Å². The summed E-state index contributed by atoms with van der Waals surface area (Å²) in [6.07, 6.45) is 0.962. The van der Waals surface area contributed by atoms with Crippen molar-refractivity contribution in [1.82, 2.24) is 5.32 Å². The van der Waals surface area contributed by atoms with Crippen LogP contribution in [0.2, 0.25) is 0 Å². The third kappa shape index (κ3) is 1.44. The molecule has 0 aliphatic carbocycles. The van der Waals surface area contributed by atoms with Crippen LogP contribution in [-0.2, 0) is 0 Å². The maximum absolute atomic E-state index is 13.1. The van der Waals surface area contributed by atoms with E-state index in [1.54, 1.807) is 6.92 Å². The minimum absolute atomic E-state index is 0.144. The number of hydrogen-bond donors (Lipinski definition) is 1. The third-order valence-corrected chi connectivity index (χ3v) is 2.55. The number of benzene rings is 1. The molecule has 0 bridgehead atoms. The Balaban J connectivity index is 2.42. The van der Waals surface area contributed by atoms with Gasteiger partial charge in [-0.1, -0.05) is 0 Å². The van der Waals surface area contributed by atoms with E-state index in [0.717, 1.165) is 24.6 Å². The van der Waals surface area contributed by atoms with E-state index in [1.807, 2.05) is 0 Å². The van der Waals surface area contributed by atoms with E-state index < -0.39 is 11.6 Å². The Morgan fingerprint density at radius 1 is 1.38 bits per heavy atom. The van der Waals surface area contributed by atoms with Crippen LogP contribution >= 0.6 is 0 Å². The zero-order valence-electron chi connectivity index (χ0n) is 7.40. The van der Waals surface area contributed by atoms with Gasteiger partial charge < -0.3 is 5.32 Å². The summed E-state index contributed by atoms with van der Waals surface area (Å²) in [6.45, 7) is 2.62. The topological polar surface area (TPSA) is 12.0 Å². The Labute approximate surface area is 75.8 Å². The zero-order valence-corrected chi connectivity index (χ0v) is 7.40. The molecule has 1 nitrogen and oxygen atoms in total. The molecule has 0 aromatic heterocycles. The summed E-state index contributed by atoms with van der Waals surface area (Å²) in [5, 5.41) is 3.12. The molecular weight excluding hydrogens is 172 g/mol. The SMILES string of the molecule is Cc1c(F)cc(F)cc1[C@H]1CCN1. The lowest BCUT2D eigenvalue weighted by Crippen LogP contribution is -2.35. The maximum atomic E-state index is 13.1. The van der Waals surface area contributed by atoms with Gasteiger partial charge in [0.15, 0.2) is 0 Å². The van der Waals surface area contributed by atoms with Gasteiger partial charge in [0, 0.05) is 12.1 Å². The minimum Gasteiger partial charge on any atom is -0.310 e. The molecule has 1 aromatic carbocycles. The van der Waals surface area contributed by atoms with Crippen molar-refractivity contribution < 1.29 is 8.78 Å². The lowest BCUT2D eigenvalue weighted by molar-refractivity contribution is 0.378. The highest BCUT2D eigenvalue weighted by Gasteiger charge is 2.22. The highest BCUT2D eigenvalue weighted by Crippen LogP contribution is 2.27. The summed E-state index contributed by atoms with van der Waals surface area (Å²) >= 11 is 0. The average Bonchev–Trinajstić information content (AvgIpc) is 1.95. The van der Waals surface area contributed by atoms with Crippen LogP contribution in [0.1, 0.15) is 23.6 Å². The van der Waals surface area contributed by atoms with Gasteiger partial charge in [-0.3, -0.25) is 0 Å². The lowest BCUT2D eigenvalue weighted by Gasteiger charge is -2.29. The van der Waals surface area contributed by atoms with Crippen molar-refractivity contribution in [3.8, 4) is 0 Å². The summed E-state index contributed by atoms with van der Waals surface area (Å²) < 4.78 is 26.0. The van der Waals surface area contributed by atoms with Gasteiger partial charge in [-0.05, 0) is 37.1 Å². The van der Waals surface area contributed by atoms with Crippen LogP contribution in [0.15, 0.2) is 12.1 Å². The molecule has 3 heteroatoms. The molecule has 0 saturated carbocycles. The van der Waals surface area contributed by atoms with Crippen LogP contribution in [0.4, 0.5) is 8.78 Å². The second-order valence-electron chi connectivity index (χ2n) is 3.40. The molecule has 1 aromatic rings. The van der Waals surface area contributed by atoms with Gasteiger partial charge in [0.25, 0.3) is 0 Å². The van der Waals surface area contributed by atoms with Crippen molar-refractivity contribution in [2.75, 3.05) is 6.54 Å². The monoisotopic (exact) mass is 183 g/mol. The zero-order chi connectivity index (χ0) is 9.42. The van der Waals surface area contributed by atoms with Crippen LogP contribution in [0, 0.1) is 18.6 Å². The van der Waals surface area contributed by atoms with Gasteiger partial charge in [0.2, 0.25) is 0 Å². The van der Waals surface area contributed by atoms with E-state index in [9.17, 15) is 8.78 Å². The molecule has 0 amide bonds. The van der Waals surface area contributed by atoms with Crippen molar-refractivity contribution in [1.29, 1.82) is 0 Å². The first-order chi connectivity index (χ1) is 6.18. The first kappa shape index (κ1) is 8.63. The lowest BCUT2D eigenvalue weighted by atomic mass is 9.94. The fourth-order valence-corrected chi connectivity index (χ4v) is 1.58. The van der Waals surface area contributed by atoms with Gasteiger partial charge in [-0.15, -0.1) is 0 Å². The molecule has 70 valence electrons.